The van der Waals surface area contributed by atoms with Crippen LogP contribution in [-0.2, 0) is 0 Å². The highest BCUT2D eigenvalue weighted by atomic mass is 15.2. The van der Waals surface area contributed by atoms with Crippen molar-refractivity contribution in [2.45, 2.75) is 65.0 Å². The zero-order valence-electron chi connectivity index (χ0n) is 13.4. The molecule has 112 valence electrons. The number of piperidine rings is 1. The summed E-state index contributed by atoms with van der Waals surface area (Å²) in [5.74, 6) is 0.916. The number of nitrogens with zero attached hydrogens (tertiary/aromatic N) is 2. The Balaban J connectivity index is 2.43. The Morgan fingerprint density at radius 2 is 1.89 bits per heavy atom. The Morgan fingerprint density at radius 3 is 2.42 bits per heavy atom. The topological polar surface area (TPSA) is 39.7 Å². The SMILES string of the molecule is CCC(C)NC(=NC)NCC(C)(C)N1CCCCC1. The van der Waals surface area contributed by atoms with Gasteiger partial charge in [-0.3, -0.25) is 9.89 Å². The molecule has 1 fully saturated rings. The van der Waals surface area contributed by atoms with Gasteiger partial charge in [-0.25, -0.2) is 0 Å². The first-order valence-corrected chi connectivity index (χ1v) is 7.72. The van der Waals surface area contributed by atoms with E-state index in [-0.39, 0.29) is 5.54 Å². The zero-order valence-corrected chi connectivity index (χ0v) is 13.4. The standard InChI is InChI=1S/C15H32N4/c1-6-13(2)18-14(16-5)17-12-15(3,4)19-10-8-7-9-11-19/h13H,6-12H2,1-5H3,(H2,16,17,18). The molecule has 19 heavy (non-hydrogen) atoms. The summed E-state index contributed by atoms with van der Waals surface area (Å²) in [6, 6.07) is 0.462. The molecular weight excluding hydrogens is 236 g/mol. The van der Waals surface area contributed by atoms with Gasteiger partial charge in [-0.15, -0.1) is 0 Å². The van der Waals surface area contributed by atoms with Gasteiger partial charge in [0.05, 0.1) is 0 Å². The number of hydrogen-bond acceptors (Lipinski definition) is 2. The molecule has 1 atom stereocenters. The number of aliphatic imine (C=N–C) groups is 1. The number of rotatable bonds is 5. The highest BCUT2D eigenvalue weighted by Crippen LogP contribution is 2.19. The molecule has 0 aromatic carbocycles. The van der Waals surface area contributed by atoms with Crippen LogP contribution in [0.15, 0.2) is 4.99 Å². The van der Waals surface area contributed by atoms with Gasteiger partial charge >= 0.3 is 0 Å². The van der Waals surface area contributed by atoms with Gasteiger partial charge in [-0.1, -0.05) is 13.3 Å². The van der Waals surface area contributed by atoms with Crippen molar-refractivity contribution in [3.8, 4) is 0 Å². The average Bonchev–Trinajstić information content (AvgIpc) is 2.44. The van der Waals surface area contributed by atoms with Crippen LogP contribution in [0.25, 0.3) is 0 Å². The highest BCUT2D eigenvalue weighted by molar-refractivity contribution is 5.79. The van der Waals surface area contributed by atoms with E-state index in [1.165, 1.54) is 32.4 Å². The first-order valence-electron chi connectivity index (χ1n) is 7.72. The van der Waals surface area contributed by atoms with E-state index in [2.05, 4.69) is 48.2 Å². The van der Waals surface area contributed by atoms with E-state index in [0.717, 1.165) is 18.9 Å². The fraction of sp³-hybridized carbons (Fsp3) is 0.933. The van der Waals surface area contributed by atoms with Crippen LogP contribution in [0.1, 0.15) is 53.4 Å². The van der Waals surface area contributed by atoms with Crippen molar-refractivity contribution < 1.29 is 0 Å². The van der Waals surface area contributed by atoms with Crippen molar-refractivity contribution >= 4 is 5.96 Å². The molecule has 0 aromatic rings. The quantitative estimate of drug-likeness (QED) is 0.593. The maximum atomic E-state index is 4.30. The smallest absolute Gasteiger partial charge is 0.191 e. The Labute approximate surface area is 119 Å². The van der Waals surface area contributed by atoms with Crippen molar-refractivity contribution in [1.29, 1.82) is 0 Å². The van der Waals surface area contributed by atoms with E-state index in [1.807, 2.05) is 7.05 Å². The second kappa shape index (κ2) is 7.73. The molecule has 2 N–H and O–H groups in total. The number of likely N-dealkylation sites (tertiary alicyclic amines) is 1. The molecule has 0 aliphatic carbocycles. The molecule has 0 spiro atoms. The normalized spacial score (nSPS) is 20.2. The molecule has 1 unspecified atom stereocenters. The first kappa shape index (κ1) is 16.3. The van der Waals surface area contributed by atoms with E-state index in [0.29, 0.717) is 6.04 Å². The van der Waals surface area contributed by atoms with Crippen molar-refractivity contribution in [2.75, 3.05) is 26.7 Å². The molecule has 0 radical (unpaired) electrons. The van der Waals surface area contributed by atoms with E-state index >= 15 is 0 Å². The fourth-order valence-corrected chi connectivity index (χ4v) is 2.44. The Kier molecular flexibility index (Phi) is 6.63. The minimum atomic E-state index is 0.188. The van der Waals surface area contributed by atoms with Gasteiger partial charge in [0.15, 0.2) is 5.96 Å². The number of hydrogen-bond donors (Lipinski definition) is 2. The number of guanidine groups is 1. The van der Waals surface area contributed by atoms with Gasteiger partial charge in [0.2, 0.25) is 0 Å². The molecule has 1 rings (SSSR count). The zero-order chi connectivity index (χ0) is 14.3. The lowest BCUT2D eigenvalue weighted by Crippen LogP contribution is -2.55. The van der Waals surface area contributed by atoms with E-state index in [9.17, 15) is 0 Å². The third-order valence-electron chi connectivity index (χ3n) is 4.12. The Hall–Kier alpha value is -0.770. The van der Waals surface area contributed by atoms with E-state index in [1.54, 1.807) is 0 Å². The van der Waals surface area contributed by atoms with Gasteiger partial charge in [0, 0.05) is 25.2 Å². The molecule has 1 heterocycles. The predicted octanol–water partition coefficient (Wildman–Crippen LogP) is 2.21. The Morgan fingerprint density at radius 1 is 1.26 bits per heavy atom. The lowest BCUT2D eigenvalue weighted by atomic mass is 9.98. The van der Waals surface area contributed by atoms with Crippen molar-refractivity contribution in [3.63, 3.8) is 0 Å². The van der Waals surface area contributed by atoms with Crippen LogP contribution in [0, 0.1) is 0 Å². The van der Waals surface area contributed by atoms with Crippen LogP contribution in [0.5, 0.6) is 0 Å². The molecule has 0 aromatic heterocycles. The van der Waals surface area contributed by atoms with Crippen LogP contribution in [0.3, 0.4) is 0 Å². The molecule has 0 saturated carbocycles. The maximum Gasteiger partial charge on any atom is 0.191 e. The van der Waals surface area contributed by atoms with Crippen molar-refractivity contribution in [1.82, 2.24) is 15.5 Å². The van der Waals surface area contributed by atoms with Crippen LogP contribution in [0.4, 0.5) is 0 Å². The summed E-state index contributed by atoms with van der Waals surface area (Å²) in [4.78, 5) is 6.90. The molecule has 0 amide bonds. The van der Waals surface area contributed by atoms with Gasteiger partial charge in [0.1, 0.15) is 0 Å². The van der Waals surface area contributed by atoms with Crippen molar-refractivity contribution in [3.05, 3.63) is 0 Å². The predicted molar refractivity (Wildman–Crippen MR) is 83.8 cm³/mol. The molecule has 4 nitrogen and oxygen atoms in total. The van der Waals surface area contributed by atoms with Crippen LogP contribution in [-0.4, -0.2) is 49.1 Å². The first-order chi connectivity index (χ1) is 8.99. The van der Waals surface area contributed by atoms with Gasteiger partial charge in [-0.2, -0.15) is 0 Å². The fourth-order valence-electron chi connectivity index (χ4n) is 2.44. The van der Waals surface area contributed by atoms with Crippen LogP contribution < -0.4 is 10.6 Å². The molecule has 1 saturated heterocycles. The molecular formula is C15H32N4. The van der Waals surface area contributed by atoms with Crippen molar-refractivity contribution in [2.24, 2.45) is 4.99 Å². The molecule has 0 bridgehead atoms. The summed E-state index contributed by atoms with van der Waals surface area (Å²) in [6.45, 7) is 12.4. The third-order valence-corrected chi connectivity index (χ3v) is 4.12. The molecule has 1 aliphatic rings. The number of nitrogens with one attached hydrogen (secondary N) is 2. The van der Waals surface area contributed by atoms with E-state index in [4.69, 9.17) is 0 Å². The molecule has 4 heteroatoms. The summed E-state index contributed by atoms with van der Waals surface area (Å²) in [5.41, 5.74) is 0.188. The summed E-state index contributed by atoms with van der Waals surface area (Å²) >= 11 is 0. The lowest BCUT2D eigenvalue weighted by molar-refractivity contribution is 0.0982. The lowest BCUT2D eigenvalue weighted by Gasteiger charge is -2.41. The highest BCUT2D eigenvalue weighted by Gasteiger charge is 2.27. The summed E-state index contributed by atoms with van der Waals surface area (Å²) in [7, 11) is 1.84. The van der Waals surface area contributed by atoms with Crippen LogP contribution in [0.2, 0.25) is 0 Å². The van der Waals surface area contributed by atoms with Gasteiger partial charge in [-0.05, 0) is 53.1 Å². The summed E-state index contributed by atoms with van der Waals surface area (Å²) in [5, 5.41) is 6.88. The Bertz CT molecular complexity index is 280. The summed E-state index contributed by atoms with van der Waals surface area (Å²) < 4.78 is 0. The molecule has 1 aliphatic heterocycles. The average molecular weight is 268 g/mol. The minimum absolute atomic E-state index is 0.188. The second-order valence-electron chi connectivity index (χ2n) is 6.24. The van der Waals surface area contributed by atoms with Gasteiger partial charge < -0.3 is 10.6 Å². The minimum Gasteiger partial charge on any atom is -0.355 e. The summed E-state index contributed by atoms with van der Waals surface area (Å²) in [6.07, 6.45) is 5.17. The van der Waals surface area contributed by atoms with Crippen LogP contribution >= 0.6 is 0 Å². The van der Waals surface area contributed by atoms with Gasteiger partial charge in [0.25, 0.3) is 0 Å². The largest absolute Gasteiger partial charge is 0.355 e. The maximum absolute atomic E-state index is 4.30. The third kappa shape index (κ3) is 5.39. The second-order valence-corrected chi connectivity index (χ2v) is 6.24. The van der Waals surface area contributed by atoms with E-state index < -0.39 is 0 Å². The monoisotopic (exact) mass is 268 g/mol.